The molecule has 0 radical (unpaired) electrons. The molecule has 260 valence electrons. The van der Waals surface area contributed by atoms with Crippen molar-refractivity contribution in [1.29, 1.82) is 0 Å². The molecule has 1 aliphatic carbocycles. The third-order valence-electron chi connectivity index (χ3n) is 8.67. The first-order chi connectivity index (χ1) is 23.4. The smallest absolute Gasteiger partial charge is 0.246 e. The predicted molar refractivity (Wildman–Crippen MR) is 193 cm³/mol. The Kier molecular flexibility index (Phi) is 10.8. The molecule has 0 fully saturated rings. The number of aryl methyl sites for hydroxylation is 1. The van der Waals surface area contributed by atoms with Gasteiger partial charge >= 0.3 is 0 Å². The Hall–Kier alpha value is -5.06. The summed E-state index contributed by atoms with van der Waals surface area (Å²) in [6.45, 7) is 9.81. The number of H-pyrrole nitrogens is 1. The Labute approximate surface area is 287 Å². The molecule has 2 amide bonds. The first-order valence-electron chi connectivity index (χ1n) is 16.8. The van der Waals surface area contributed by atoms with Gasteiger partial charge in [0.2, 0.25) is 23.0 Å². The second-order valence-corrected chi connectivity index (χ2v) is 13.4. The highest BCUT2D eigenvalue weighted by atomic mass is 16.5. The third kappa shape index (κ3) is 7.82. The van der Waals surface area contributed by atoms with Crippen LogP contribution < -0.4 is 35.6 Å². The Morgan fingerprint density at radius 1 is 0.959 bits per heavy atom. The predicted octanol–water partition coefficient (Wildman–Crippen LogP) is 6.40. The van der Waals surface area contributed by atoms with Gasteiger partial charge in [-0.25, -0.2) is 4.98 Å². The second kappa shape index (κ2) is 15.0. The molecule has 11 heteroatoms. The van der Waals surface area contributed by atoms with E-state index in [1.807, 2.05) is 44.2 Å². The number of carbonyl (C=O) groups is 2. The molecule has 0 spiro atoms. The standard InChI is InChI=1S/C38H47N5O6/c1-20(2)15-31(38(46)40-24-10-13-28-30(18-24)43-34(42-28)16-21(3)4)41-29-14-11-25-26(19-32(29)45)27(39-22(5)44)12-9-23-17-33(47-6)36(48-7)37(49-8)35(23)25/h10-11,13-14,17-21,27,31H,9,12,15-16H2,1-8H3,(H,39,44)(H,40,46)(H,41,45)(H,42,43)/t27-,31+/m0/s1. The highest BCUT2D eigenvalue weighted by Crippen LogP contribution is 2.50. The quantitative estimate of drug-likeness (QED) is 0.136. The van der Waals surface area contributed by atoms with Gasteiger partial charge in [-0.05, 0) is 84.2 Å². The average Bonchev–Trinajstić information content (AvgIpc) is 3.29. The highest BCUT2D eigenvalue weighted by Gasteiger charge is 2.30. The fourth-order valence-electron chi connectivity index (χ4n) is 6.57. The molecule has 49 heavy (non-hydrogen) atoms. The van der Waals surface area contributed by atoms with E-state index in [0.717, 1.165) is 34.4 Å². The number of ether oxygens (including phenoxy) is 3. The van der Waals surface area contributed by atoms with Crippen molar-refractivity contribution in [3.05, 3.63) is 69.6 Å². The van der Waals surface area contributed by atoms with Gasteiger partial charge in [0.15, 0.2) is 11.5 Å². The van der Waals surface area contributed by atoms with Crippen LogP contribution in [0.3, 0.4) is 0 Å². The van der Waals surface area contributed by atoms with E-state index in [1.54, 1.807) is 33.5 Å². The summed E-state index contributed by atoms with van der Waals surface area (Å²) >= 11 is 0. The van der Waals surface area contributed by atoms with Crippen LogP contribution in [0.15, 0.2) is 47.3 Å². The Balaban J connectivity index is 1.54. The second-order valence-electron chi connectivity index (χ2n) is 13.4. The number of amides is 2. The van der Waals surface area contributed by atoms with Gasteiger partial charge in [0.1, 0.15) is 11.9 Å². The highest BCUT2D eigenvalue weighted by molar-refractivity contribution is 5.98. The van der Waals surface area contributed by atoms with E-state index in [-0.39, 0.29) is 28.8 Å². The van der Waals surface area contributed by atoms with Gasteiger partial charge in [-0.2, -0.15) is 0 Å². The van der Waals surface area contributed by atoms with E-state index in [2.05, 4.69) is 39.8 Å². The number of imidazole rings is 1. The maximum absolute atomic E-state index is 14.0. The van der Waals surface area contributed by atoms with Crippen LogP contribution in [0.4, 0.5) is 11.4 Å². The van der Waals surface area contributed by atoms with Gasteiger partial charge in [0.25, 0.3) is 0 Å². The van der Waals surface area contributed by atoms with Gasteiger partial charge in [-0.15, -0.1) is 0 Å². The van der Waals surface area contributed by atoms with E-state index in [1.165, 1.54) is 6.92 Å². The lowest BCUT2D eigenvalue weighted by Gasteiger charge is -2.20. The molecule has 0 unspecified atom stereocenters. The minimum absolute atomic E-state index is 0.156. The average molecular weight is 670 g/mol. The number of nitrogens with one attached hydrogen (secondary N) is 4. The Bertz CT molecular complexity index is 1920. The molecule has 0 bridgehead atoms. The lowest BCUT2D eigenvalue weighted by molar-refractivity contribution is -0.120. The summed E-state index contributed by atoms with van der Waals surface area (Å²) in [5.41, 5.74) is 5.31. The molecule has 11 nitrogen and oxygen atoms in total. The minimum Gasteiger partial charge on any atom is -0.493 e. The van der Waals surface area contributed by atoms with E-state index < -0.39 is 12.1 Å². The van der Waals surface area contributed by atoms with Crippen LogP contribution in [0.5, 0.6) is 17.2 Å². The van der Waals surface area contributed by atoms with Crippen molar-refractivity contribution in [3.8, 4) is 28.4 Å². The lowest BCUT2D eigenvalue weighted by atomic mass is 9.95. The van der Waals surface area contributed by atoms with Gasteiger partial charge in [-0.1, -0.05) is 33.8 Å². The number of benzene rings is 2. The molecular formula is C38H47N5O6. The molecule has 0 aliphatic heterocycles. The summed E-state index contributed by atoms with van der Waals surface area (Å²) < 4.78 is 17.2. The van der Waals surface area contributed by atoms with Crippen LogP contribution in [0.25, 0.3) is 22.2 Å². The molecule has 0 saturated heterocycles. The molecule has 1 aliphatic rings. The number of nitrogens with zero attached hydrogens (tertiary/aromatic N) is 1. The van der Waals surface area contributed by atoms with E-state index in [9.17, 15) is 14.4 Å². The van der Waals surface area contributed by atoms with E-state index >= 15 is 0 Å². The molecule has 4 aromatic rings. The van der Waals surface area contributed by atoms with Gasteiger partial charge < -0.3 is 35.1 Å². The van der Waals surface area contributed by atoms with Gasteiger partial charge in [-0.3, -0.25) is 14.4 Å². The topological polar surface area (TPSA) is 144 Å². The summed E-state index contributed by atoms with van der Waals surface area (Å²) in [5.74, 6) is 2.48. The number of aromatic amines is 1. The van der Waals surface area contributed by atoms with Crippen LogP contribution in [-0.2, 0) is 22.4 Å². The minimum atomic E-state index is -0.707. The Morgan fingerprint density at radius 3 is 2.37 bits per heavy atom. The maximum Gasteiger partial charge on any atom is 0.246 e. The zero-order chi connectivity index (χ0) is 35.4. The number of rotatable bonds is 12. The number of anilines is 2. The van der Waals surface area contributed by atoms with Crippen molar-refractivity contribution in [1.82, 2.24) is 15.3 Å². The summed E-state index contributed by atoms with van der Waals surface area (Å²) in [6.07, 6.45) is 2.45. The van der Waals surface area contributed by atoms with Crippen molar-refractivity contribution < 1.29 is 23.8 Å². The fraction of sp³-hybridized carbons (Fsp3) is 0.421. The molecule has 2 atom stereocenters. The summed E-state index contributed by atoms with van der Waals surface area (Å²) in [7, 11) is 4.68. The van der Waals surface area contributed by atoms with Crippen LogP contribution in [0.2, 0.25) is 0 Å². The number of aromatic nitrogens is 2. The van der Waals surface area contributed by atoms with Crippen LogP contribution in [0, 0.1) is 11.8 Å². The van der Waals surface area contributed by atoms with Gasteiger partial charge in [0, 0.05) is 24.6 Å². The zero-order valence-electron chi connectivity index (χ0n) is 29.6. The van der Waals surface area contributed by atoms with Gasteiger partial charge in [0.05, 0.1) is 44.1 Å². The molecule has 0 saturated carbocycles. The third-order valence-corrected chi connectivity index (χ3v) is 8.67. The number of methoxy groups -OCH3 is 3. The van der Waals surface area contributed by atoms with Crippen molar-refractivity contribution >= 4 is 34.2 Å². The molecule has 3 aromatic carbocycles. The largest absolute Gasteiger partial charge is 0.493 e. The molecule has 1 aromatic heterocycles. The number of hydrogen-bond donors (Lipinski definition) is 4. The first kappa shape index (κ1) is 35.3. The van der Waals surface area contributed by atoms with Crippen LogP contribution in [-0.4, -0.2) is 49.2 Å². The number of fused-ring (bicyclic) bond motifs is 4. The van der Waals surface area contributed by atoms with Crippen molar-refractivity contribution in [2.75, 3.05) is 32.0 Å². The molecule has 4 N–H and O–H groups in total. The van der Waals surface area contributed by atoms with E-state index in [4.69, 9.17) is 14.2 Å². The summed E-state index contributed by atoms with van der Waals surface area (Å²) in [6, 6.07) is 11.5. The van der Waals surface area contributed by atoms with E-state index in [0.29, 0.717) is 59.2 Å². The van der Waals surface area contributed by atoms with Crippen molar-refractivity contribution in [2.24, 2.45) is 11.8 Å². The first-order valence-corrected chi connectivity index (χ1v) is 16.8. The van der Waals surface area contributed by atoms with Crippen LogP contribution >= 0.6 is 0 Å². The molecule has 5 rings (SSSR count). The van der Waals surface area contributed by atoms with Crippen molar-refractivity contribution in [2.45, 2.75) is 72.4 Å². The monoisotopic (exact) mass is 669 g/mol. The zero-order valence-corrected chi connectivity index (χ0v) is 29.6. The number of carbonyl (C=O) groups excluding carboxylic acids is 2. The van der Waals surface area contributed by atoms with Crippen LogP contribution in [0.1, 0.15) is 70.5 Å². The maximum atomic E-state index is 14.0. The Morgan fingerprint density at radius 2 is 1.71 bits per heavy atom. The fourth-order valence-corrected chi connectivity index (χ4v) is 6.57. The number of hydrogen-bond acceptors (Lipinski definition) is 8. The summed E-state index contributed by atoms with van der Waals surface area (Å²) in [4.78, 5) is 48.1. The van der Waals surface area contributed by atoms with Crippen molar-refractivity contribution in [3.63, 3.8) is 0 Å². The normalized spacial score (nSPS) is 14.4. The summed E-state index contributed by atoms with van der Waals surface area (Å²) in [5, 5.41) is 9.33. The molecule has 1 heterocycles. The SMILES string of the molecule is COc1cc2c(c(OC)c1OC)-c1ccc(N[C@H](CC(C)C)C(=O)Nc3ccc4nc(CC(C)C)[nH]c4c3)c(=O)cc1[C@@H](NC(C)=O)CC2. The lowest BCUT2D eigenvalue weighted by Crippen LogP contribution is -2.37. The molecular weight excluding hydrogens is 622 g/mol.